The van der Waals surface area contributed by atoms with E-state index in [1.54, 1.807) is 6.19 Å². The van der Waals surface area contributed by atoms with E-state index in [1.807, 2.05) is 0 Å². The summed E-state index contributed by atoms with van der Waals surface area (Å²) in [4.78, 5) is 3.81. The van der Waals surface area contributed by atoms with E-state index in [4.69, 9.17) is 5.26 Å². The first kappa shape index (κ1) is 12.0. The van der Waals surface area contributed by atoms with Gasteiger partial charge in [0, 0.05) is 0 Å². The van der Waals surface area contributed by atoms with E-state index in [0.717, 1.165) is 12.1 Å². The molecule has 0 unspecified atom stereocenters. The van der Waals surface area contributed by atoms with Crippen LogP contribution in [-0.2, 0) is 6.18 Å². The smallest absolute Gasteiger partial charge is 0.281 e. The first-order chi connectivity index (χ1) is 7.43. The van der Waals surface area contributed by atoms with Crippen molar-refractivity contribution in [3.05, 3.63) is 29.8 Å². The monoisotopic (exact) mass is 227 g/mol. The quantitative estimate of drug-likeness (QED) is 0.347. The lowest BCUT2D eigenvalue weighted by molar-refractivity contribution is -0.137. The van der Waals surface area contributed by atoms with Gasteiger partial charge in [-0.05, 0) is 25.1 Å². The number of nitrogens with zero attached hydrogens (tertiary/aromatic N) is 2. The Balaban J connectivity index is 3.01. The summed E-state index contributed by atoms with van der Waals surface area (Å²) >= 11 is 0. The maximum Gasteiger partial charge on any atom is 0.416 e. The fourth-order valence-electron chi connectivity index (χ4n) is 1.05. The third kappa shape index (κ3) is 3.28. The van der Waals surface area contributed by atoms with Crippen molar-refractivity contribution in [3.8, 4) is 6.19 Å². The number of hydrogen-bond donors (Lipinski definition) is 1. The van der Waals surface area contributed by atoms with E-state index >= 15 is 0 Å². The Morgan fingerprint density at radius 1 is 1.44 bits per heavy atom. The molecule has 1 aromatic rings. The predicted octanol–water partition coefficient (Wildman–Crippen LogP) is 2.83. The second-order valence-electron chi connectivity index (χ2n) is 2.98. The van der Waals surface area contributed by atoms with Crippen LogP contribution in [0.2, 0.25) is 0 Å². The lowest BCUT2D eigenvalue weighted by Crippen LogP contribution is -2.12. The number of benzene rings is 1. The second-order valence-corrected chi connectivity index (χ2v) is 2.98. The van der Waals surface area contributed by atoms with Crippen molar-refractivity contribution in [2.45, 2.75) is 13.1 Å². The fourth-order valence-corrected chi connectivity index (χ4v) is 1.05. The van der Waals surface area contributed by atoms with Crippen LogP contribution in [0.4, 0.5) is 18.9 Å². The van der Waals surface area contributed by atoms with Crippen LogP contribution < -0.4 is 5.32 Å². The predicted molar refractivity (Wildman–Crippen MR) is 53.0 cm³/mol. The molecule has 1 aromatic carbocycles. The number of nitrogens with one attached hydrogen (secondary N) is 1. The molecule has 1 N–H and O–H groups in total. The van der Waals surface area contributed by atoms with Crippen LogP contribution in [0.15, 0.2) is 29.3 Å². The van der Waals surface area contributed by atoms with Crippen molar-refractivity contribution in [2.75, 3.05) is 0 Å². The minimum Gasteiger partial charge on any atom is -0.281 e. The van der Waals surface area contributed by atoms with Gasteiger partial charge in [0.25, 0.3) is 0 Å². The molecular weight excluding hydrogens is 219 g/mol. The molecule has 1 rings (SSSR count). The maximum absolute atomic E-state index is 12.3. The minimum atomic E-state index is -4.39. The molecule has 0 radical (unpaired) electrons. The van der Waals surface area contributed by atoms with Gasteiger partial charge in [-0.3, -0.25) is 5.32 Å². The minimum absolute atomic E-state index is 0.148. The van der Waals surface area contributed by atoms with E-state index in [2.05, 4.69) is 10.3 Å². The summed E-state index contributed by atoms with van der Waals surface area (Å²) in [5.41, 5.74) is -0.617. The molecule has 0 heterocycles. The summed E-state index contributed by atoms with van der Waals surface area (Å²) in [5, 5.41) is 10.5. The second kappa shape index (κ2) is 4.66. The van der Waals surface area contributed by atoms with Gasteiger partial charge in [-0.2, -0.15) is 18.4 Å². The fraction of sp³-hybridized carbons (Fsp3) is 0.200. The maximum atomic E-state index is 12.3. The van der Waals surface area contributed by atoms with Crippen molar-refractivity contribution in [2.24, 2.45) is 4.99 Å². The van der Waals surface area contributed by atoms with Gasteiger partial charge >= 0.3 is 6.18 Å². The molecule has 0 aliphatic rings. The lowest BCUT2D eigenvalue weighted by atomic mass is 10.2. The summed E-state index contributed by atoms with van der Waals surface area (Å²) in [6.45, 7) is 1.49. The Hall–Kier alpha value is -2.03. The number of rotatable bonds is 1. The molecule has 0 saturated heterocycles. The molecule has 16 heavy (non-hydrogen) atoms. The van der Waals surface area contributed by atoms with E-state index in [1.165, 1.54) is 19.1 Å². The van der Waals surface area contributed by atoms with Gasteiger partial charge in [0.1, 0.15) is 5.84 Å². The molecule has 0 atom stereocenters. The van der Waals surface area contributed by atoms with Gasteiger partial charge in [0.05, 0.1) is 11.3 Å². The standard InChI is InChI=1S/C10H8F3N3/c1-7(15-6-14)16-9-4-2-3-8(5-9)10(11,12)13/h2-5H,1H3,(H,15,16). The number of halogens is 3. The van der Waals surface area contributed by atoms with E-state index in [9.17, 15) is 13.2 Å². The highest BCUT2D eigenvalue weighted by Crippen LogP contribution is 2.31. The molecule has 0 saturated carbocycles. The normalized spacial score (nSPS) is 12.1. The molecule has 0 bridgehead atoms. The van der Waals surface area contributed by atoms with Crippen LogP contribution in [0.25, 0.3) is 0 Å². The van der Waals surface area contributed by atoms with Crippen LogP contribution >= 0.6 is 0 Å². The third-order valence-corrected chi connectivity index (χ3v) is 1.71. The van der Waals surface area contributed by atoms with E-state index in [0.29, 0.717) is 0 Å². The summed E-state index contributed by atoms with van der Waals surface area (Å²) in [5.74, 6) is 0.238. The molecular formula is C10H8F3N3. The zero-order valence-electron chi connectivity index (χ0n) is 8.34. The molecule has 0 spiro atoms. The van der Waals surface area contributed by atoms with Crippen molar-refractivity contribution in [3.63, 3.8) is 0 Å². The van der Waals surface area contributed by atoms with Gasteiger partial charge < -0.3 is 0 Å². The number of hydrogen-bond acceptors (Lipinski definition) is 2. The highest BCUT2D eigenvalue weighted by Gasteiger charge is 2.30. The molecule has 0 aliphatic heterocycles. The summed E-state index contributed by atoms with van der Waals surface area (Å²) in [6.07, 6.45) is -2.76. The number of aliphatic imine (C=N–C) groups is 1. The summed E-state index contributed by atoms with van der Waals surface area (Å²) in [6, 6.07) is 4.58. The van der Waals surface area contributed by atoms with E-state index in [-0.39, 0.29) is 11.5 Å². The lowest BCUT2D eigenvalue weighted by Gasteiger charge is -2.06. The average Bonchev–Trinajstić information content (AvgIpc) is 2.17. The molecule has 3 nitrogen and oxygen atoms in total. The van der Waals surface area contributed by atoms with E-state index < -0.39 is 11.7 Å². The third-order valence-electron chi connectivity index (χ3n) is 1.71. The molecule has 6 heteroatoms. The highest BCUT2D eigenvalue weighted by atomic mass is 19.4. The van der Waals surface area contributed by atoms with Crippen LogP contribution in [0, 0.1) is 11.5 Å². The number of alkyl halides is 3. The Morgan fingerprint density at radius 3 is 2.69 bits per heavy atom. The van der Waals surface area contributed by atoms with Crippen LogP contribution in [0.3, 0.4) is 0 Å². The molecule has 0 aliphatic carbocycles. The number of nitriles is 1. The van der Waals surface area contributed by atoms with Crippen molar-refractivity contribution in [1.29, 1.82) is 5.26 Å². The van der Waals surface area contributed by atoms with Gasteiger partial charge in [0.15, 0.2) is 6.19 Å². The largest absolute Gasteiger partial charge is 0.416 e. The van der Waals surface area contributed by atoms with Gasteiger partial charge in [-0.15, -0.1) is 0 Å². The summed E-state index contributed by atoms with van der Waals surface area (Å²) < 4.78 is 37.0. The van der Waals surface area contributed by atoms with Gasteiger partial charge in [-0.25, -0.2) is 4.99 Å². The van der Waals surface area contributed by atoms with Crippen LogP contribution in [0.5, 0.6) is 0 Å². The Morgan fingerprint density at radius 2 is 2.12 bits per heavy atom. The van der Waals surface area contributed by atoms with Crippen LogP contribution in [-0.4, -0.2) is 5.84 Å². The first-order valence-electron chi connectivity index (χ1n) is 4.31. The molecule has 0 amide bonds. The highest BCUT2D eigenvalue weighted by molar-refractivity contribution is 5.83. The van der Waals surface area contributed by atoms with Crippen LogP contribution in [0.1, 0.15) is 12.5 Å². The molecule has 0 aromatic heterocycles. The summed E-state index contributed by atoms with van der Waals surface area (Å²) in [7, 11) is 0. The topological polar surface area (TPSA) is 48.2 Å². The Bertz CT molecular complexity index is 443. The van der Waals surface area contributed by atoms with Crippen molar-refractivity contribution < 1.29 is 13.2 Å². The van der Waals surface area contributed by atoms with Crippen molar-refractivity contribution >= 4 is 11.5 Å². The SMILES string of the molecule is CC(=Nc1cccc(C(F)(F)F)c1)NC#N. The zero-order valence-corrected chi connectivity index (χ0v) is 8.34. The van der Waals surface area contributed by atoms with Gasteiger partial charge in [-0.1, -0.05) is 6.07 Å². The molecule has 0 fully saturated rings. The Kier molecular flexibility index (Phi) is 3.51. The molecule has 84 valence electrons. The average molecular weight is 227 g/mol. The Labute approximate surface area is 90.2 Å². The zero-order chi connectivity index (χ0) is 12.2. The number of amidine groups is 1. The van der Waals surface area contributed by atoms with Gasteiger partial charge in [0.2, 0.25) is 0 Å². The first-order valence-corrected chi connectivity index (χ1v) is 4.31. The van der Waals surface area contributed by atoms with Crippen molar-refractivity contribution in [1.82, 2.24) is 5.32 Å².